The predicted octanol–water partition coefficient (Wildman–Crippen LogP) is 3.55. The summed E-state index contributed by atoms with van der Waals surface area (Å²) in [5.41, 5.74) is 1.59. The molecule has 2 amide bonds. The van der Waals surface area contributed by atoms with E-state index < -0.39 is 0 Å². The van der Waals surface area contributed by atoms with Gasteiger partial charge in [-0.05, 0) is 23.1 Å². The molecule has 1 N–H and O–H groups in total. The normalized spacial score (nSPS) is 28.5. The van der Waals surface area contributed by atoms with Crippen molar-refractivity contribution in [1.29, 1.82) is 0 Å². The van der Waals surface area contributed by atoms with E-state index in [0.29, 0.717) is 5.69 Å². The molecular formula is C22H24N2O2. The first-order valence-electron chi connectivity index (χ1n) is 9.13. The van der Waals surface area contributed by atoms with Crippen LogP contribution >= 0.6 is 0 Å². The molecule has 2 aliphatic rings. The monoisotopic (exact) mass is 348 g/mol. The number of nitrogens with one attached hydrogen (secondary N) is 1. The van der Waals surface area contributed by atoms with Crippen molar-refractivity contribution in [1.82, 2.24) is 5.32 Å². The summed E-state index contributed by atoms with van der Waals surface area (Å²) in [4.78, 5) is 28.0. The highest BCUT2D eigenvalue weighted by atomic mass is 16.2. The van der Waals surface area contributed by atoms with Gasteiger partial charge in [0.25, 0.3) is 0 Å². The summed E-state index contributed by atoms with van der Waals surface area (Å²) < 4.78 is 0. The number of para-hydroxylation sites is 1. The molecule has 0 aliphatic carbocycles. The molecule has 26 heavy (non-hydrogen) atoms. The summed E-state index contributed by atoms with van der Waals surface area (Å²) in [6.45, 7) is 6.37. The molecule has 4 heteroatoms. The maximum atomic E-state index is 13.3. The third-order valence-electron chi connectivity index (χ3n) is 5.58. The molecule has 2 aromatic carbocycles. The van der Waals surface area contributed by atoms with Crippen molar-refractivity contribution >= 4 is 17.5 Å². The maximum Gasteiger partial charge on any atom is 0.239 e. The topological polar surface area (TPSA) is 49.4 Å². The van der Waals surface area contributed by atoms with Gasteiger partial charge in [0.15, 0.2) is 0 Å². The van der Waals surface area contributed by atoms with E-state index >= 15 is 0 Å². The second kappa shape index (κ2) is 6.06. The van der Waals surface area contributed by atoms with Crippen molar-refractivity contribution in [3.8, 4) is 0 Å². The highest BCUT2D eigenvalue weighted by molar-refractivity contribution is 6.22. The lowest BCUT2D eigenvalue weighted by molar-refractivity contribution is -0.123. The Balaban J connectivity index is 1.79. The van der Waals surface area contributed by atoms with Crippen LogP contribution in [0.2, 0.25) is 0 Å². The van der Waals surface area contributed by atoms with Crippen LogP contribution in [0, 0.1) is 17.3 Å². The number of rotatable bonds is 2. The van der Waals surface area contributed by atoms with E-state index in [9.17, 15) is 9.59 Å². The minimum Gasteiger partial charge on any atom is -0.305 e. The van der Waals surface area contributed by atoms with Gasteiger partial charge in [-0.2, -0.15) is 0 Å². The van der Waals surface area contributed by atoms with Gasteiger partial charge in [-0.3, -0.25) is 9.59 Å². The van der Waals surface area contributed by atoms with Gasteiger partial charge in [-0.15, -0.1) is 0 Å². The fourth-order valence-corrected chi connectivity index (χ4v) is 4.40. The van der Waals surface area contributed by atoms with Gasteiger partial charge in [0, 0.05) is 12.1 Å². The molecule has 134 valence electrons. The van der Waals surface area contributed by atoms with Crippen LogP contribution < -0.4 is 10.2 Å². The zero-order valence-electron chi connectivity index (χ0n) is 15.3. The summed E-state index contributed by atoms with van der Waals surface area (Å²) >= 11 is 0. The van der Waals surface area contributed by atoms with E-state index in [1.807, 2.05) is 60.7 Å². The molecule has 0 bridgehead atoms. The van der Waals surface area contributed by atoms with E-state index in [4.69, 9.17) is 0 Å². The van der Waals surface area contributed by atoms with Gasteiger partial charge in [0.05, 0.1) is 17.5 Å². The SMILES string of the molecule is CC(C)(C)[C@H]1N[C@H](c2ccccc2)C2C(=O)N(c3ccccc3)C(=O)C21. The van der Waals surface area contributed by atoms with Gasteiger partial charge in [-0.1, -0.05) is 69.3 Å². The number of hydrogen-bond donors (Lipinski definition) is 1. The second-order valence-electron chi connectivity index (χ2n) is 8.30. The molecule has 2 fully saturated rings. The average Bonchev–Trinajstić information content (AvgIpc) is 3.14. The van der Waals surface area contributed by atoms with Gasteiger partial charge in [0.1, 0.15) is 0 Å². The van der Waals surface area contributed by atoms with Crippen molar-refractivity contribution in [2.45, 2.75) is 32.9 Å². The van der Waals surface area contributed by atoms with Crippen LogP contribution in [0.5, 0.6) is 0 Å². The van der Waals surface area contributed by atoms with Gasteiger partial charge in [-0.25, -0.2) is 4.90 Å². The molecule has 0 spiro atoms. The molecule has 0 aromatic heterocycles. The molecule has 2 aliphatic heterocycles. The number of hydrogen-bond acceptors (Lipinski definition) is 3. The molecule has 0 saturated carbocycles. The van der Waals surface area contributed by atoms with Crippen LogP contribution in [0.15, 0.2) is 60.7 Å². The first-order chi connectivity index (χ1) is 12.4. The fraction of sp³-hybridized carbons (Fsp3) is 0.364. The largest absolute Gasteiger partial charge is 0.305 e. The number of anilines is 1. The lowest BCUT2D eigenvalue weighted by atomic mass is 9.77. The Labute approximate surface area is 154 Å². The zero-order valence-corrected chi connectivity index (χ0v) is 15.3. The van der Waals surface area contributed by atoms with Crippen LogP contribution in [-0.4, -0.2) is 17.9 Å². The number of nitrogens with zero attached hydrogens (tertiary/aromatic N) is 1. The third kappa shape index (κ3) is 2.56. The van der Waals surface area contributed by atoms with Gasteiger partial charge >= 0.3 is 0 Å². The Morgan fingerprint density at radius 2 is 1.35 bits per heavy atom. The summed E-state index contributed by atoms with van der Waals surface area (Å²) in [6, 6.07) is 19.1. The smallest absolute Gasteiger partial charge is 0.239 e. The summed E-state index contributed by atoms with van der Waals surface area (Å²) in [6.07, 6.45) is 0. The molecule has 2 heterocycles. The second-order valence-corrected chi connectivity index (χ2v) is 8.30. The highest BCUT2D eigenvalue weighted by Crippen LogP contribution is 2.49. The standard InChI is InChI=1S/C22H24N2O2/c1-22(2,3)19-17-16(18(23-19)14-10-6-4-7-11-14)20(25)24(21(17)26)15-12-8-5-9-13-15/h4-13,16-19,23H,1-3H3/t16?,17?,18-,19+/m1/s1. The Morgan fingerprint density at radius 1 is 0.808 bits per heavy atom. The number of benzene rings is 2. The lowest BCUT2D eigenvalue weighted by Gasteiger charge is -2.32. The summed E-state index contributed by atoms with van der Waals surface area (Å²) in [5.74, 6) is -0.890. The molecule has 0 radical (unpaired) electrons. The number of imide groups is 1. The Hall–Kier alpha value is -2.46. The predicted molar refractivity (Wildman–Crippen MR) is 101 cm³/mol. The Kier molecular flexibility index (Phi) is 3.96. The first-order valence-corrected chi connectivity index (χ1v) is 9.13. The van der Waals surface area contributed by atoms with Crippen molar-refractivity contribution in [2.75, 3.05) is 4.90 Å². The molecule has 4 atom stereocenters. The van der Waals surface area contributed by atoms with Crippen LogP contribution in [-0.2, 0) is 9.59 Å². The third-order valence-corrected chi connectivity index (χ3v) is 5.58. The highest BCUT2D eigenvalue weighted by Gasteiger charge is 2.61. The van der Waals surface area contributed by atoms with E-state index in [1.54, 1.807) is 0 Å². The van der Waals surface area contributed by atoms with Crippen molar-refractivity contribution < 1.29 is 9.59 Å². The Bertz CT molecular complexity index is 826. The molecule has 4 nitrogen and oxygen atoms in total. The number of carbonyl (C=O) groups is 2. The van der Waals surface area contributed by atoms with Crippen molar-refractivity contribution in [3.05, 3.63) is 66.2 Å². The van der Waals surface area contributed by atoms with E-state index in [1.165, 1.54) is 4.90 Å². The first kappa shape index (κ1) is 17.0. The summed E-state index contributed by atoms with van der Waals surface area (Å²) in [5, 5.41) is 3.61. The van der Waals surface area contributed by atoms with Crippen molar-refractivity contribution in [2.24, 2.45) is 17.3 Å². The van der Waals surface area contributed by atoms with Crippen LogP contribution in [0.3, 0.4) is 0 Å². The lowest BCUT2D eigenvalue weighted by Crippen LogP contribution is -2.45. The minimum atomic E-state index is -0.366. The fourth-order valence-electron chi connectivity index (χ4n) is 4.40. The zero-order chi connectivity index (χ0) is 18.5. The van der Waals surface area contributed by atoms with Crippen molar-refractivity contribution in [3.63, 3.8) is 0 Å². The van der Waals surface area contributed by atoms with Crippen LogP contribution in [0.4, 0.5) is 5.69 Å². The van der Waals surface area contributed by atoms with Gasteiger partial charge < -0.3 is 5.32 Å². The van der Waals surface area contributed by atoms with E-state index in [-0.39, 0.29) is 41.1 Å². The number of amides is 2. The summed E-state index contributed by atoms with van der Waals surface area (Å²) in [7, 11) is 0. The molecule has 2 saturated heterocycles. The van der Waals surface area contributed by atoms with Crippen LogP contribution in [0.1, 0.15) is 32.4 Å². The Morgan fingerprint density at radius 3 is 1.92 bits per heavy atom. The minimum absolute atomic E-state index is 0.0529. The number of carbonyl (C=O) groups excluding carboxylic acids is 2. The van der Waals surface area contributed by atoms with Gasteiger partial charge in [0.2, 0.25) is 11.8 Å². The van der Waals surface area contributed by atoms with Crippen LogP contribution in [0.25, 0.3) is 0 Å². The van der Waals surface area contributed by atoms with E-state index in [2.05, 4.69) is 26.1 Å². The maximum absolute atomic E-state index is 13.3. The molecule has 2 unspecified atom stereocenters. The quantitative estimate of drug-likeness (QED) is 0.845. The van der Waals surface area contributed by atoms with E-state index in [0.717, 1.165) is 5.56 Å². The average molecular weight is 348 g/mol. The molecule has 2 aromatic rings. The molecule has 4 rings (SSSR count). The number of fused-ring (bicyclic) bond motifs is 1. The molecular weight excluding hydrogens is 324 g/mol.